The fraction of sp³-hybridized carbons (Fsp3) is 0.303. The maximum Gasteiger partial charge on any atom is 0.223 e. The van der Waals surface area contributed by atoms with E-state index in [1.54, 1.807) is 6.20 Å². The van der Waals surface area contributed by atoms with Crippen molar-refractivity contribution in [2.45, 2.75) is 38.1 Å². The molecule has 1 aliphatic rings. The summed E-state index contributed by atoms with van der Waals surface area (Å²) >= 11 is 6.56. The van der Waals surface area contributed by atoms with E-state index in [9.17, 15) is 5.26 Å². The smallest absolute Gasteiger partial charge is 0.223 e. The number of fused-ring (bicyclic) bond motifs is 1. The molecule has 1 fully saturated rings. The van der Waals surface area contributed by atoms with E-state index in [1.165, 1.54) is 12.0 Å². The molecule has 2 atom stereocenters. The van der Waals surface area contributed by atoms with Crippen LogP contribution < -0.4 is 10.6 Å². The Morgan fingerprint density at radius 1 is 1.20 bits per heavy atom. The second kappa shape index (κ2) is 13.0. The lowest BCUT2D eigenvalue weighted by molar-refractivity contribution is 0.333. The average molecular weight is 566 g/mol. The third-order valence-corrected chi connectivity index (χ3v) is 7.76. The van der Waals surface area contributed by atoms with Gasteiger partial charge in [0.25, 0.3) is 0 Å². The molecule has 0 radical (unpaired) electrons. The van der Waals surface area contributed by atoms with Gasteiger partial charge in [-0.1, -0.05) is 61.0 Å². The average Bonchev–Trinajstić information content (AvgIpc) is 3.34. The van der Waals surface area contributed by atoms with E-state index >= 15 is 0 Å². The number of hydrogen-bond donors (Lipinski definition) is 3. The van der Waals surface area contributed by atoms with Crippen molar-refractivity contribution >= 4 is 34.1 Å². The van der Waals surface area contributed by atoms with Gasteiger partial charge in [0.2, 0.25) is 5.95 Å². The Bertz CT molecular complexity index is 1580. The Hall–Kier alpha value is -4.12. The first-order valence-electron chi connectivity index (χ1n) is 14.1. The van der Waals surface area contributed by atoms with Crippen molar-refractivity contribution in [2.75, 3.05) is 31.3 Å². The minimum Gasteiger partial charge on any atom is -0.356 e. The van der Waals surface area contributed by atoms with Crippen LogP contribution in [0.25, 0.3) is 22.2 Å². The molecule has 2 aromatic heterocycles. The number of allylic oxidation sites excluding steroid dienone is 1. The predicted molar refractivity (Wildman–Crippen MR) is 169 cm³/mol. The van der Waals surface area contributed by atoms with Crippen molar-refractivity contribution in [3.8, 4) is 17.3 Å². The van der Waals surface area contributed by atoms with Crippen LogP contribution in [-0.2, 0) is 6.42 Å². The number of rotatable bonds is 10. The Balaban J connectivity index is 1.22. The molecule has 0 aliphatic heterocycles. The first kappa shape index (κ1) is 28.4. The van der Waals surface area contributed by atoms with Crippen LogP contribution in [0, 0.1) is 17.2 Å². The Morgan fingerprint density at radius 3 is 2.78 bits per heavy atom. The van der Waals surface area contributed by atoms with E-state index in [4.69, 9.17) is 16.6 Å². The molecule has 5 rings (SSSR count). The van der Waals surface area contributed by atoms with Gasteiger partial charge < -0.3 is 20.5 Å². The molecule has 3 N–H and O–H groups in total. The molecule has 8 heteroatoms. The highest BCUT2D eigenvalue weighted by molar-refractivity contribution is 6.33. The number of aromatic amines is 1. The van der Waals surface area contributed by atoms with Gasteiger partial charge >= 0.3 is 0 Å². The van der Waals surface area contributed by atoms with Crippen LogP contribution in [0.4, 0.5) is 11.6 Å². The van der Waals surface area contributed by atoms with Gasteiger partial charge in [-0.2, -0.15) is 5.26 Å². The third-order valence-electron chi connectivity index (χ3n) is 7.49. The van der Waals surface area contributed by atoms with Crippen molar-refractivity contribution in [1.29, 1.82) is 5.26 Å². The van der Waals surface area contributed by atoms with Gasteiger partial charge in [0.1, 0.15) is 11.8 Å². The predicted octanol–water partition coefficient (Wildman–Crippen LogP) is 7.41. The molecule has 1 saturated carbocycles. The number of H-pyrrole nitrogens is 1. The zero-order valence-electron chi connectivity index (χ0n) is 23.6. The quantitative estimate of drug-likeness (QED) is 0.173. The van der Waals surface area contributed by atoms with Crippen molar-refractivity contribution < 1.29 is 0 Å². The van der Waals surface area contributed by atoms with Crippen LogP contribution in [-0.4, -0.2) is 46.5 Å². The van der Waals surface area contributed by atoms with Crippen molar-refractivity contribution in [2.24, 2.45) is 5.92 Å². The van der Waals surface area contributed by atoms with E-state index in [0.717, 1.165) is 54.5 Å². The zero-order chi connectivity index (χ0) is 28.8. The van der Waals surface area contributed by atoms with E-state index < -0.39 is 0 Å². The van der Waals surface area contributed by atoms with Crippen LogP contribution in [0.2, 0.25) is 5.02 Å². The molecule has 1 aliphatic carbocycles. The molecule has 0 spiro atoms. The second-order valence-electron chi connectivity index (χ2n) is 11.0. The molecule has 7 nitrogen and oxygen atoms in total. The van der Waals surface area contributed by atoms with Crippen LogP contribution in [0.15, 0.2) is 79.2 Å². The van der Waals surface area contributed by atoms with Crippen LogP contribution in [0.5, 0.6) is 0 Å². The lowest BCUT2D eigenvalue weighted by Gasteiger charge is -2.30. The molecule has 2 unspecified atom stereocenters. The monoisotopic (exact) mass is 565 g/mol. The number of nitrogens with one attached hydrogen (secondary N) is 3. The van der Waals surface area contributed by atoms with Gasteiger partial charge in [0, 0.05) is 40.4 Å². The fourth-order valence-corrected chi connectivity index (χ4v) is 5.75. The van der Waals surface area contributed by atoms with Gasteiger partial charge in [-0.15, -0.1) is 0 Å². The van der Waals surface area contributed by atoms with E-state index in [1.807, 2.05) is 44.4 Å². The fourth-order valence-electron chi connectivity index (χ4n) is 5.56. The van der Waals surface area contributed by atoms with Crippen molar-refractivity contribution in [3.63, 3.8) is 0 Å². The summed E-state index contributed by atoms with van der Waals surface area (Å²) in [6, 6.07) is 19.0. The lowest BCUT2D eigenvalue weighted by atomic mass is 9.82. The molecule has 4 aromatic rings. The maximum atomic E-state index is 9.76. The molecule has 0 amide bonds. The lowest BCUT2D eigenvalue weighted by Crippen LogP contribution is -2.29. The Morgan fingerprint density at radius 2 is 2.00 bits per heavy atom. The zero-order valence-corrected chi connectivity index (χ0v) is 24.4. The van der Waals surface area contributed by atoms with Gasteiger partial charge in [0.05, 0.1) is 16.9 Å². The van der Waals surface area contributed by atoms with Gasteiger partial charge in [-0.25, -0.2) is 9.97 Å². The number of halogens is 1. The number of nitrogens with zero attached hydrogens (tertiary/aromatic N) is 4. The summed E-state index contributed by atoms with van der Waals surface area (Å²) in [4.78, 5) is 14.6. The summed E-state index contributed by atoms with van der Waals surface area (Å²) in [6.07, 6.45) is 11.2. The number of benzene rings is 2. The minimum absolute atomic E-state index is 0.277. The highest BCUT2D eigenvalue weighted by atomic mass is 35.5. The normalized spacial score (nSPS) is 17.1. The molecule has 2 aromatic carbocycles. The minimum atomic E-state index is 0.277. The van der Waals surface area contributed by atoms with Crippen molar-refractivity contribution in [1.82, 2.24) is 19.9 Å². The molecule has 2 heterocycles. The molecule has 210 valence electrons. The number of hydrogen-bond acceptors (Lipinski definition) is 6. The Kier molecular flexibility index (Phi) is 9.03. The molecule has 41 heavy (non-hydrogen) atoms. The summed E-state index contributed by atoms with van der Waals surface area (Å²) in [7, 11) is 4.09. The van der Waals surface area contributed by atoms with E-state index in [-0.39, 0.29) is 6.04 Å². The Labute approximate surface area is 247 Å². The molecule has 0 saturated heterocycles. The molecular weight excluding hydrogens is 530 g/mol. The summed E-state index contributed by atoms with van der Waals surface area (Å²) in [5.74, 6) is 1.12. The standard InChI is InChI=1S/C33H36ClN7/c1-22(8-7-17-41(2)3)37-25-15-13-23(14-16-25)18-24-9-6-10-26(19-24)38-33-36-21-28(34)32(40-33)31-27-11-4-5-12-29(27)39-30(31)20-35/h4-5,7-8,11-16,21,24,26,37,39H,1,6,9-10,17-19H2,2-3H3,(H,36,38,40)/b8-7+. The van der Waals surface area contributed by atoms with Crippen molar-refractivity contribution in [3.05, 3.63) is 95.4 Å². The van der Waals surface area contributed by atoms with Crippen LogP contribution in [0.3, 0.4) is 0 Å². The van der Waals surface area contributed by atoms with Gasteiger partial charge in [-0.05, 0) is 75.5 Å². The second-order valence-corrected chi connectivity index (χ2v) is 11.4. The highest BCUT2D eigenvalue weighted by Gasteiger charge is 2.24. The molecular formula is C33H36ClN7. The number of anilines is 2. The number of aromatic nitrogens is 3. The largest absolute Gasteiger partial charge is 0.356 e. The summed E-state index contributed by atoms with van der Waals surface area (Å²) in [6.45, 7) is 4.98. The first-order chi connectivity index (χ1) is 19.9. The first-order valence-corrected chi connectivity index (χ1v) is 14.4. The van der Waals surface area contributed by atoms with Gasteiger partial charge in [0.15, 0.2) is 0 Å². The number of likely N-dealkylation sites (N-methyl/N-ethyl adjacent to an activating group) is 1. The van der Waals surface area contributed by atoms with E-state index in [0.29, 0.717) is 33.8 Å². The number of para-hydroxylation sites is 1. The SMILES string of the molecule is C=C(/C=C/CN(C)C)Nc1ccc(CC2CCCC(Nc3ncc(Cl)c(-c4c(C#N)[nH]c5ccccc45)n3)C2)cc1. The summed E-state index contributed by atoms with van der Waals surface area (Å²) < 4.78 is 0. The maximum absolute atomic E-state index is 9.76. The summed E-state index contributed by atoms with van der Waals surface area (Å²) in [5, 5.41) is 18.0. The van der Waals surface area contributed by atoms with Crippen LogP contribution >= 0.6 is 11.6 Å². The topological polar surface area (TPSA) is 92.7 Å². The van der Waals surface area contributed by atoms with E-state index in [2.05, 4.69) is 68.5 Å². The molecule has 0 bridgehead atoms. The highest BCUT2D eigenvalue weighted by Crippen LogP contribution is 2.36. The van der Waals surface area contributed by atoms with Gasteiger partial charge in [-0.3, -0.25) is 0 Å². The number of nitriles is 1. The third kappa shape index (κ3) is 7.15. The van der Waals surface area contributed by atoms with Crippen LogP contribution in [0.1, 0.15) is 36.9 Å². The summed E-state index contributed by atoms with van der Waals surface area (Å²) in [5.41, 5.74) is 5.86.